The van der Waals surface area contributed by atoms with Gasteiger partial charge in [-0.05, 0) is 43.2 Å². The first-order valence-electron chi connectivity index (χ1n) is 8.41. The number of aliphatic imine (C=N–C) groups is 1. The second-order valence-electron chi connectivity index (χ2n) is 5.88. The predicted octanol–water partition coefficient (Wildman–Crippen LogP) is 3.98. The van der Waals surface area contributed by atoms with Gasteiger partial charge in [0.1, 0.15) is 5.75 Å². The Bertz CT molecular complexity index is 831. The molecule has 2 heterocycles. The summed E-state index contributed by atoms with van der Waals surface area (Å²) in [5, 5.41) is 0. The van der Waals surface area contributed by atoms with Crippen molar-refractivity contribution in [1.82, 2.24) is 9.88 Å². The number of amides is 1. The lowest BCUT2D eigenvalue weighted by atomic mass is 10.0. The van der Waals surface area contributed by atoms with Crippen LogP contribution in [-0.2, 0) is 4.74 Å². The molecule has 0 radical (unpaired) electrons. The highest BCUT2D eigenvalue weighted by molar-refractivity contribution is 5.74. The van der Waals surface area contributed by atoms with E-state index >= 15 is 0 Å². The summed E-state index contributed by atoms with van der Waals surface area (Å²) in [5.74, 6) is 0.553. The first-order valence-corrected chi connectivity index (χ1v) is 8.41. The molecule has 3 rings (SSSR count). The highest BCUT2D eigenvalue weighted by Crippen LogP contribution is 2.25. The highest BCUT2D eigenvalue weighted by Gasteiger charge is 2.20. The summed E-state index contributed by atoms with van der Waals surface area (Å²) in [7, 11) is 1.56. The zero-order chi connectivity index (χ0) is 18.4. The number of pyridine rings is 1. The number of para-hydroxylation sites is 1. The van der Waals surface area contributed by atoms with Crippen molar-refractivity contribution in [3.63, 3.8) is 0 Å². The Kier molecular flexibility index (Phi) is 5.63. The molecule has 0 saturated carbocycles. The lowest BCUT2D eigenvalue weighted by Crippen LogP contribution is -2.36. The standard InChI is InChI=1S/C20H21N3O3/c1-15-18(21-14-25-2)8-9-19(22-15)16-10-12-23(13-11-16)20(24)26-17-6-4-3-5-7-17/h3-10,14H,11-13H2,1-2H3/b21-14-. The van der Waals surface area contributed by atoms with Crippen LogP contribution in [0.5, 0.6) is 5.75 Å². The van der Waals surface area contributed by atoms with Crippen LogP contribution in [0.1, 0.15) is 17.8 Å². The maximum Gasteiger partial charge on any atom is 0.415 e. The fourth-order valence-corrected chi connectivity index (χ4v) is 2.70. The van der Waals surface area contributed by atoms with Crippen molar-refractivity contribution < 1.29 is 14.3 Å². The number of hydrogen-bond acceptors (Lipinski definition) is 5. The molecule has 2 aromatic rings. The molecule has 0 unspecified atom stereocenters. The number of ether oxygens (including phenoxy) is 2. The number of nitrogens with zero attached hydrogens (tertiary/aromatic N) is 3. The monoisotopic (exact) mass is 351 g/mol. The summed E-state index contributed by atoms with van der Waals surface area (Å²) in [6.07, 6.45) is 3.81. The summed E-state index contributed by atoms with van der Waals surface area (Å²) < 4.78 is 10.2. The maximum atomic E-state index is 12.2. The van der Waals surface area contributed by atoms with Gasteiger partial charge in [0, 0.05) is 13.1 Å². The summed E-state index contributed by atoms with van der Waals surface area (Å²) in [6.45, 7) is 3.02. The van der Waals surface area contributed by atoms with E-state index in [-0.39, 0.29) is 6.09 Å². The van der Waals surface area contributed by atoms with Crippen molar-refractivity contribution in [3.8, 4) is 5.75 Å². The molecule has 0 spiro atoms. The molecule has 1 aliphatic heterocycles. The first-order chi connectivity index (χ1) is 12.7. The van der Waals surface area contributed by atoms with Gasteiger partial charge in [-0.25, -0.2) is 9.79 Å². The van der Waals surface area contributed by atoms with Crippen LogP contribution in [-0.4, -0.2) is 42.6 Å². The molecule has 26 heavy (non-hydrogen) atoms. The lowest BCUT2D eigenvalue weighted by molar-refractivity contribution is 0.157. The second-order valence-corrected chi connectivity index (χ2v) is 5.88. The molecular formula is C20H21N3O3. The van der Waals surface area contributed by atoms with Crippen LogP contribution in [0.4, 0.5) is 10.5 Å². The molecule has 134 valence electrons. The van der Waals surface area contributed by atoms with Crippen molar-refractivity contribution >= 4 is 23.8 Å². The van der Waals surface area contributed by atoms with Gasteiger partial charge in [0.05, 0.1) is 24.2 Å². The van der Waals surface area contributed by atoms with Crippen molar-refractivity contribution in [2.24, 2.45) is 4.99 Å². The van der Waals surface area contributed by atoms with Crippen molar-refractivity contribution in [3.05, 3.63) is 59.9 Å². The summed E-state index contributed by atoms with van der Waals surface area (Å²) in [6, 6.07) is 13.0. The third-order valence-corrected chi connectivity index (χ3v) is 4.10. The molecule has 0 atom stereocenters. The SMILES string of the molecule is CO/C=N\c1ccc(C2=CCN(C(=O)Oc3ccccc3)CC2)nc1C. The number of aryl methyl sites for hydroxylation is 1. The molecule has 6 nitrogen and oxygen atoms in total. The van der Waals surface area contributed by atoms with Crippen LogP contribution in [0, 0.1) is 6.92 Å². The molecule has 1 aromatic heterocycles. The number of benzene rings is 1. The summed E-state index contributed by atoms with van der Waals surface area (Å²) in [5.41, 5.74) is 3.65. The Hall–Kier alpha value is -3.15. The van der Waals surface area contributed by atoms with Crippen LogP contribution in [0.25, 0.3) is 5.57 Å². The van der Waals surface area contributed by atoms with E-state index in [1.165, 1.54) is 6.40 Å². The Morgan fingerprint density at radius 3 is 2.69 bits per heavy atom. The van der Waals surface area contributed by atoms with Crippen molar-refractivity contribution in [2.75, 3.05) is 20.2 Å². The average Bonchev–Trinajstić information content (AvgIpc) is 2.68. The number of aromatic nitrogens is 1. The van der Waals surface area contributed by atoms with Crippen molar-refractivity contribution in [2.45, 2.75) is 13.3 Å². The molecular weight excluding hydrogens is 330 g/mol. The van der Waals surface area contributed by atoms with E-state index in [4.69, 9.17) is 9.47 Å². The number of methoxy groups -OCH3 is 1. The Labute approximate surface area is 152 Å². The van der Waals surface area contributed by atoms with Gasteiger partial charge in [0.15, 0.2) is 6.40 Å². The highest BCUT2D eigenvalue weighted by atomic mass is 16.6. The number of rotatable bonds is 4. The molecule has 0 fully saturated rings. The minimum absolute atomic E-state index is 0.333. The molecule has 0 bridgehead atoms. The van der Waals surface area contributed by atoms with Crippen LogP contribution < -0.4 is 4.74 Å². The minimum atomic E-state index is -0.333. The van der Waals surface area contributed by atoms with Gasteiger partial charge in [0.2, 0.25) is 0 Å². The molecule has 0 saturated heterocycles. The average molecular weight is 351 g/mol. The smallest absolute Gasteiger partial charge is 0.415 e. The topological polar surface area (TPSA) is 64.0 Å². The zero-order valence-electron chi connectivity index (χ0n) is 14.9. The largest absolute Gasteiger partial charge is 0.486 e. The van der Waals surface area contributed by atoms with E-state index in [1.54, 1.807) is 24.1 Å². The maximum absolute atomic E-state index is 12.2. The molecule has 0 N–H and O–H groups in total. The van der Waals surface area contributed by atoms with Gasteiger partial charge >= 0.3 is 6.09 Å². The van der Waals surface area contributed by atoms with E-state index in [9.17, 15) is 4.79 Å². The molecule has 1 aliphatic rings. The van der Waals surface area contributed by atoms with Gasteiger partial charge in [-0.2, -0.15) is 0 Å². The van der Waals surface area contributed by atoms with E-state index in [0.717, 1.165) is 29.1 Å². The summed E-state index contributed by atoms with van der Waals surface area (Å²) in [4.78, 5) is 22.7. The van der Waals surface area contributed by atoms with Crippen LogP contribution in [0.3, 0.4) is 0 Å². The summed E-state index contributed by atoms with van der Waals surface area (Å²) >= 11 is 0. The Morgan fingerprint density at radius 1 is 1.23 bits per heavy atom. The third kappa shape index (κ3) is 4.27. The fourth-order valence-electron chi connectivity index (χ4n) is 2.70. The number of carbonyl (C=O) groups excluding carboxylic acids is 1. The number of hydrogen-bond donors (Lipinski definition) is 0. The first kappa shape index (κ1) is 17.7. The molecule has 0 aliphatic carbocycles. The zero-order valence-corrected chi connectivity index (χ0v) is 14.9. The van der Waals surface area contributed by atoms with E-state index < -0.39 is 0 Å². The van der Waals surface area contributed by atoms with Crippen LogP contribution in [0.15, 0.2) is 53.5 Å². The van der Waals surface area contributed by atoms with Crippen molar-refractivity contribution in [1.29, 1.82) is 0 Å². The van der Waals surface area contributed by atoms with Gasteiger partial charge in [-0.1, -0.05) is 24.3 Å². The van der Waals surface area contributed by atoms with Crippen LogP contribution in [0.2, 0.25) is 0 Å². The van der Waals surface area contributed by atoms with Crippen LogP contribution >= 0.6 is 0 Å². The minimum Gasteiger partial charge on any atom is -0.486 e. The normalized spacial score (nSPS) is 14.2. The van der Waals surface area contributed by atoms with Gasteiger partial charge in [-0.3, -0.25) is 4.98 Å². The van der Waals surface area contributed by atoms with E-state index in [1.807, 2.05) is 43.3 Å². The Morgan fingerprint density at radius 2 is 2.04 bits per heavy atom. The Balaban J connectivity index is 1.65. The molecule has 1 amide bonds. The predicted molar refractivity (Wildman–Crippen MR) is 101 cm³/mol. The fraction of sp³-hybridized carbons (Fsp3) is 0.250. The van der Waals surface area contributed by atoms with Gasteiger partial charge in [0.25, 0.3) is 0 Å². The van der Waals surface area contributed by atoms with Gasteiger partial charge in [-0.15, -0.1) is 0 Å². The molecule has 6 heteroatoms. The molecule has 1 aromatic carbocycles. The quantitative estimate of drug-likeness (QED) is 0.617. The van der Waals surface area contributed by atoms with E-state index in [2.05, 4.69) is 9.98 Å². The number of carbonyl (C=O) groups is 1. The third-order valence-electron chi connectivity index (χ3n) is 4.10. The lowest BCUT2D eigenvalue weighted by Gasteiger charge is -2.25. The van der Waals surface area contributed by atoms with E-state index in [0.29, 0.717) is 18.8 Å². The van der Waals surface area contributed by atoms with Gasteiger partial charge < -0.3 is 14.4 Å². The second kappa shape index (κ2) is 8.29.